The summed E-state index contributed by atoms with van der Waals surface area (Å²) >= 11 is 6.01. The maximum atomic E-state index is 13.0. The SMILES string of the molecule is C[C@@H](NC(=O)CN1CCN(c2ccc(F)cc2)CC1)c1cccc(Cl)c1. The average molecular weight is 376 g/mol. The Morgan fingerprint density at radius 1 is 1.15 bits per heavy atom. The molecule has 3 rings (SSSR count). The van der Waals surface area contributed by atoms with Crippen LogP contribution in [0.4, 0.5) is 10.1 Å². The van der Waals surface area contributed by atoms with Crippen molar-refractivity contribution in [1.29, 1.82) is 0 Å². The number of carbonyl (C=O) groups excluding carboxylic acids is 1. The monoisotopic (exact) mass is 375 g/mol. The molecule has 138 valence electrons. The standard InChI is InChI=1S/C20H23ClFN3O/c1-15(16-3-2-4-17(21)13-16)23-20(26)14-24-9-11-25(12-10-24)19-7-5-18(22)6-8-19/h2-8,13,15H,9-12,14H2,1H3,(H,23,26)/t15-/m1/s1. The molecular formula is C20H23ClFN3O. The van der Waals surface area contributed by atoms with Crippen molar-refractivity contribution in [1.82, 2.24) is 10.2 Å². The molecule has 1 aliphatic rings. The summed E-state index contributed by atoms with van der Waals surface area (Å²) in [6.07, 6.45) is 0. The van der Waals surface area contributed by atoms with Gasteiger partial charge in [-0.15, -0.1) is 0 Å². The van der Waals surface area contributed by atoms with Crippen molar-refractivity contribution in [2.45, 2.75) is 13.0 Å². The van der Waals surface area contributed by atoms with Gasteiger partial charge in [0.05, 0.1) is 12.6 Å². The molecule has 1 amide bonds. The normalized spacial score (nSPS) is 16.3. The van der Waals surface area contributed by atoms with Gasteiger partial charge in [0.25, 0.3) is 0 Å². The lowest BCUT2D eigenvalue weighted by Crippen LogP contribution is -2.49. The Labute approximate surface area is 158 Å². The summed E-state index contributed by atoms with van der Waals surface area (Å²) in [4.78, 5) is 16.7. The number of hydrogen-bond acceptors (Lipinski definition) is 3. The van der Waals surface area contributed by atoms with Gasteiger partial charge >= 0.3 is 0 Å². The van der Waals surface area contributed by atoms with Crippen molar-refractivity contribution in [2.24, 2.45) is 0 Å². The fourth-order valence-electron chi connectivity index (χ4n) is 3.17. The number of hydrogen-bond donors (Lipinski definition) is 1. The van der Waals surface area contributed by atoms with Crippen LogP contribution in [0.3, 0.4) is 0 Å². The molecule has 1 aliphatic heterocycles. The molecule has 0 unspecified atom stereocenters. The molecule has 0 radical (unpaired) electrons. The van der Waals surface area contributed by atoms with Crippen LogP contribution < -0.4 is 10.2 Å². The Kier molecular flexibility index (Phi) is 6.12. The molecular weight excluding hydrogens is 353 g/mol. The number of carbonyl (C=O) groups is 1. The molecule has 1 fully saturated rings. The van der Waals surface area contributed by atoms with Crippen molar-refractivity contribution in [3.05, 3.63) is 64.9 Å². The first-order valence-corrected chi connectivity index (χ1v) is 9.17. The third kappa shape index (κ3) is 4.96. The molecule has 0 aliphatic carbocycles. The van der Waals surface area contributed by atoms with Crippen molar-refractivity contribution < 1.29 is 9.18 Å². The van der Waals surface area contributed by atoms with E-state index in [1.54, 1.807) is 12.1 Å². The van der Waals surface area contributed by atoms with Gasteiger partial charge in [0.1, 0.15) is 5.82 Å². The molecule has 1 N–H and O–H groups in total. The van der Waals surface area contributed by atoms with Gasteiger partial charge in [0, 0.05) is 36.9 Å². The first kappa shape index (κ1) is 18.7. The second-order valence-electron chi connectivity index (χ2n) is 6.58. The van der Waals surface area contributed by atoms with Gasteiger partial charge in [-0.3, -0.25) is 9.69 Å². The Morgan fingerprint density at radius 3 is 2.50 bits per heavy atom. The van der Waals surface area contributed by atoms with Crippen molar-refractivity contribution in [3.8, 4) is 0 Å². The van der Waals surface area contributed by atoms with Crippen molar-refractivity contribution in [2.75, 3.05) is 37.6 Å². The van der Waals surface area contributed by atoms with Crippen molar-refractivity contribution in [3.63, 3.8) is 0 Å². The van der Waals surface area contributed by atoms with Crippen LogP contribution in [0.5, 0.6) is 0 Å². The minimum Gasteiger partial charge on any atom is -0.369 e. The third-order valence-corrected chi connectivity index (χ3v) is 4.89. The van der Waals surface area contributed by atoms with Crippen LogP contribution in [-0.2, 0) is 4.79 Å². The second-order valence-corrected chi connectivity index (χ2v) is 7.02. The van der Waals surface area contributed by atoms with Crippen LogP contribution in [0.25, 0.3) is 0 Å². The number of nitrogens with one attached hydrogen (secondary N) is 1. The molecule has 0 saturated carbocycles. The summed E-state index contributed by atoms with van der Waals surface area (Å²) in [5.41, 5.74) is 2.01. The lowest BCUT2D eigenvalue weighted by molar-refractivity contribution is -0.123. The van der Waals surface area contributed by atoms with E-state index >= 15 is 0 Å². The largest absolute Gasteiger partial charge is 0.369 e. The van der Waals surface area contributed by atoms with E-state index in [9.17, 15) is 9.18 Å². The van der Waals surface area contributed by atoms with E-state index in [4.69, 9.17) is 11.6 Å². The molecule has 26 heavy (non-hydrogen) atoms. The number of amides is 1. The average Bonchev–Trinajstić information content (AvgIpc) is 2.63. The van der Waals surface area contributed by atoms with Crippen LogP contribution >= 0.6 is 11.6 Å². The zero-order valence-electron chi connectivity index (χ0n) is 14.8. The minimum atomic E-state index is -0.224. The van der Waals surface area contributed by atoms with Gasteiger partial charge < -0.3 is 10.2 Å². The van der Waals surface area contributed by atoms with Gasteiger partial charge in [-0.1, -0.05) is 23.7 Å². The number of rotatable bonds is 5. The molecule has 2 aromatic carbocycles. The highest BCUT2D eigenvalue weighted by molar-refractivity contribution is 6.30. The molecule has 2 aromatic rings. The van der Waals surface area contributed by atoms with E-state index in [0.717, 1.165) is 37.4 Å². The quantitative estimate of drug-likeness (QED) is 0.869. The smallest absolute Gasteiger partial charge is 0.234 e. The molecule has 1 saturated heterocycles. The van der Waals surface area contributed by atoms with Crippen molar-refractivity contribution >= 4 is 23.2 Å². The molecule has 0 aromatic heterocycles. The van der Waals surface area contributed by atoms with Crippen LogP contribution in [0.2, 0.25) is 5.02 Å². The molecule has 6 heteroatoms. The topological polar surface area (TPSA) is 35.6 Å². The highest BCUT2D eigenvalue weighted by atomic mass is 35.5. The molecule has 0 spiro atoms. The molecule has 1 heterocycles. The van der Waals surface area contributed by atoms with Gasteiger partial charge in [-0.05, 0) is 48.9 Å². The fraction of sp³-hybridized carbons (Fsp3) is 0.350. The van der Waals surface area contributed by atoms with E-state index in [1.165, 1.54) is 12.1 Å². The molecule has 4 nitrogen and oxygen atoms in total. The third-order valence-electron chi connectivity index (χ3n) is 4.66. The molecule has 0 bridgehead atoms. The van der Waals surface area contributed by atoms with Gasteiger partial charge in [0.15, 0.2) is 0 Å². The maximum Gasteiger partial charge on any atom is 0.234 e. The lowest BCUT2D eigenvalue weighted by atomic mass is 10.1. The fourth-order valence-corrected chi connectivity index (χ4v) is 3.36. The summed E-state index contributed by atoms with van der Waals surface area (Å²) < 4.78 is 13.0. The van der Waals surface area contributed by atoms with E-state index in [2.05, 4.69) is 15.1 Å². The Bertz CT molecular complexity index is 745. The van der Waals surface area contributed by atoms with E-state index in [0.29, 0.717) is 11.6 Å². The number of benzene rings is 2. The number of nitrogens with zero attached hydrogens (tertiary/aromatic N) is 2. The zero-order valence-corrected chi connectivity index (χ0v) is 15.5. The van der Waals surface area contributed by atoms with Gasteiger partial charge in [-0.25, -0.2) is 4.39 Å². The minimum absolute atomic E-state index is 0.00714. The molecule has 1 atom stereocenters. The van der Waals surface area contributed by atoms with Crippen LogP contribution in [0.15, 0.2) is 48.5 Å². The summed E-state index contributed by atoms with van der Waals surface area (Å²) in [5, 5.41) is 3.69. The van der Waals surface area contributed by atoms with E-state index < -0.39 is 0 Å². The summed E-state index contributed by atoms with van der Waals surface area (Å²) in [7, 11) is 0. The Morgan fingerprint density at radius 2 is 1.85 bits per heavy atom. The van der Waals surface area contributed by atoms with Crippen LogP contribution in [0, 0.1) is 5.82 Å². The second kappa shape index (κ2) is 8.52. The highest BCUT2D eigenvalue weighted by Gasteiger charge is 2.20. The highest BCUT2D eigenvalue weighted by Crippen LogP contribution is 2.18. The van der Waals surface area contributed by atoms with Gasteiger partial charge in [-0.2, -0.15) is 0 Å². The number of anilines is 1. The first-order chi connectivity index (χ1) is 12.5. The van der Waals surface area contributed by atoms with E-state index in [1.807, 2.05) is 31.2 Å². The lowest BCUT2D eigenvalue weighted by Gasteiger charge is -2.35. The van der Waals surface area contributed by atoms with Crippen LogP contribution in [-0.4, -0.2) is 43.5 Å². The predicted molar refractivity (Wildman–Crippen MR) is 103 cm³/mol. The first-order valence-electron chi connectivity index (χ1n) is 8.79. The van der Waals surface area contributed by atoms with Crippen LogP contribution in [0.1, 0.15) is 18.5 Å². The summed E-state index contributed by atoms with van der Waals surface area (Å²) in [6.45, 7) is 5.58. The summed E-state index contributed by atoms with van der Waals surface area (Å²) in [5.74, 6) is -0.217. The maximum absolute atomic E-state index is 13.0. The zero-order chi connectivity index (χ0) is 18.5. The Balaban J connectivity index is 1.46. The predicted octanol–water partition coefficient (Wildman–Crippen LogP) is 3.48. The van der Waals surface area contributed by atoms with Gasteiger partial charge in [0.2, 0.25) is 5.91 Å². The Hall–Kier alpha value is -2.11. The van der Waals surface area contributed by atoms with E-state index in [-0.39, 0.29) is 17.8 Å². The number of halogens is 2. The summed E-state index contributed by atoms with van der Waals surface area (Å²) in [6, 6.07) is 14.0. The number of piperazine rings is 1.